The summed E-state index contributed by atoms with van der Waals surface area (Å²) in [5.41, 5.74) is 7.79. The molecule has 0 aliphatic rings. The first-order valence-electron chi connectivity index (χ1n) is 8.89. The third-order valence-electron chi connectivity index (χ3n) is 4.01. The van der Waals surface area contributed by atoms with Crippen molar-refractivity contribution in [2.75, 3.05) is 6.61 Å². The molecule has 2 aromatic carbocycles. The molecule has 3 rings (SSSR count). The zero-order chi connectivity index (χ0) is 20.8. The van der Waals surface area contributed by atoms with Gasteiger partial charge in [-0.15, -0.1) is 11.3 Å². The zero-order valence-electron chi connectivity index (χ0n) is 16.0. The van der Waals surface area contributed by atoms with E-state index >= 15 is 0 Å². The number of rotatable bonds is 6. The summed E-state index contributed by atoms with van der Waals surface area (Å²) >= 11 is 1.32. The molecule has 0 radical (unpaired) electrons. The second-order valence-electron chi connectivity index (χ2n) is 6.49. The van der Waals surface area contributed by atoms with Crippen LogP contribution in [0.3, 0.4) is 0 Å². The van der Waals surface area contributed by atoms with Gasteiger partial charge >= 0.3 is 0 Å². The van der Waals surface area contributed by atoms with E-state index in [1.54, 1.807) is 17.5 Å². The summed E-state index contributed by atoms with van der Waals surface area (Å²) in [7, 11) is 0. The second kappa shape index (κ2) is 9.29. The van der Waals surface area contributed by atoms with E-state index in [0.29, 0.717) is 22.0 Å². The Bertz CT molecular complexity index is 1040. The molecule has 1 heterocycles. The SMILES string of the molecule is Cc1ccc(C)c(OCC(=O)NNC(=O)Cc2csc(-c3cccc(F)c3)n2)c1. The van der Waals surface area contributed by atoms with Crippen molar-refractivity contribution < 1.29 is 18.7 Å². The number of aromatic nitrogens is 1. The minimum atomic E-state index is -0.474. The van der Waals surface area contributed by atoms with E-state index in [2.05, 4.69) is 15.8 Å². The highest BCUT2D eigenvalue weighted by Gasteiger charge is 2.11. The van der Waals surface area contributed by atoms with Gasteiger partial charge in [0, 0.05) is 10.9 Å². The van der Waals surface area contributed by atoms with Crippen molar-refractivity contribution in [2.45, 2.75) is 20.3 Å². The van der Waals surface area contributed by atoms with E-state index in [-0.39, 0.29) is 18.8 Å². The smallest absolute Gasteiger partial charge is 0.276 e. The van der Waals surface area contributed by atoms with E-state index in [1.165, 1.54) is 23.5 Å². The highest BCUT2D eigenvalue weighted by atomic mass is 32.1. The number of hydrogen-bond donors (Lipinski definition) is 2. The van der Waals surface area contributed by atoms with Crippen LogP contribution in [0.25, 0.3) is 10.6 Å². The van der Waals surface area contributed by atoms with E-state index < -0.39 is 11.8 Å². The number of thiazole rings is 1. The fourth-order valence-electron chi connectivity index (χ4n) is 2.53. The molecule has 150 valence electrons. The number of nitrogens with one attached hydrogen (secondary N) is 2. The lowest BCUT2D eigenvalue weighted by molar-refractivity contribution is -0.129. The van der Waals surface area contributed by atoms with Gasteiger partial charge in [0.1, 0.15) is 16.6 Å². The van der Waals surface area contributed by atoms with Crippen molar-refractivity contribution >= 4 is 23.2 Å². The first kappa shape index (κ1) is 20.5. The summed E-state index contributed by atoms with van der Waals surface area (Å²) in [6.45, 7) is 3.61. The van der Waals surface area contributed by atoms with Crippen LogP contribution in [0.5, 0.6) is 5.75 Å². The summed E-state index contributed by atoms with van der Waals surface area (Å²) < 4.78 is 18.8. The molecule has 2 N–H and O–H groups in total. The van der Waals surface area contributed by atoms with Crippen molar-refractivity contribution in [3.05, 3.63) is 70.5 Å². The number of hydrazine groups is 1. The molecule has 0 unspecified atom stereocenters. The first-order valence-corrected chi connectivity index (χ1v) is 9.77. The molecule has 29 heavy (non-hydrogen) atoms. The van der Waals surface area contributed by atoms with Crippen LogP contribution < -0.4 is 15.6 Å². The van der Waals surface area contributed by atoms with Crippen LogP contribution in [-0.2, 0) is 16.0 Å². The molecule has 0 spiro atoms. The molecule has 0 saturated heterocycles. The number of carbonyl (C=O) groups excluding carboxylic acids is 2. The molecule has 0 fully saturated rings. The van der Waals surface area contributed by atoms with Gasteiger partial charge in [0.25, 0.3) is 5.91 Å². The molecule has 0 aliphatic heterocycles. The monoisotopic (exact) mass is 413 g/mol. The van der Waals surface area contributed by atoms with Crippen LogP contribution in [0.1, 0.15) is 16.8 Å². The molecule has 3 aromatic rings. The Labute approximate surface area is 171 Å². The molecule has 0 saturated carbocycles. The van der Waals surface area contributed by atoms with Gasteiger partial charge in [0.2, 0.25) is 5.91 Å². The maximum Gasteiger partial charge on any atom is 0.276 e. The Morgan fingerprint density at radius 3 is 2.69 bits per heavy atom. The number of amides is 2. The molecule has 0 bridgehead atoms. The highest BCUT2D eigenvalue weighted by Crippen LogP contribution is 2.24. The first-order chi connectivity index (χ1) is 13.9. The number of aryl methyl sites for hydroxylation is 2. The highest BCUT2D eigenvalue weighted by molar-refractivity contribution is 7.13. The van der Waals surface area contributed by atoms with Crippen molar-refractivity contribution in [2.24, 2.45) is 0 Å². The average molecular weight is 413 g/mol. The lowest BCUT2D eigenvalue weighted by Crippen LogP contribution is -2.44. The molecule has 2 amide bonds. The summed E-state index contributed by atoms with van der Waals surface area (Å²) in [4.78, 5) is 28.3. The number of benzene rings is 2. The fourth-order valence-corrected chi connectivity index (χ4v) is 3.35. The number of ether oxygens (including phenoxy) is 1. The normalized spacial score (nSPS) is 10.4. The van der Waals surface area contributed by atoms with Gasteiger partial charge in [-0.3, -0.25) is 20.4 Å². The lowest BCUT2D eigenvalue weighted by Gasteiger charge is -2.10. The topological polar surface area (TPSA) is 80.3 Å². The van der Waals surface area contributed by atoms with Crippen LogP contribution in [0.15, 0.2) is 47.8 Å². The van der Waals surface area contributed by atoms with E-state index in [4.69, 9.17) is 4.74 Å². The Morgan fingerprint density at radius 1 is 1.10 bits per heavy atom. The Hall–Kier alpha value is -3.26. The summed E-state index contributed by atoms with van der Waals surface area (Å²) in [5, 5.41) is 2.35. The van der Waals surface area contributed by atoms with Gasteiger partial charge < -0.3 is 4.74 Å². The predicted molar refractivity (Wildman–Crippen MR) is 109 cm³/mol. The molecule has 1 aromatic heterocycles. The van der Waals surface area contributed by atoms with Gasteiger partial charge in [0.05, 0.1) is 12.1 Å². The standard InChI is InChI=1S/C21H20FN3O3S/c1-13-6-7-14(2)18(8-13)28-11-20(27)25-24-19(26)10-17-12-29-21(23-17)15-4-3-5-16(22)9-15/h3-9,12H,10-11H2,1-2H3,(H,24,26)(H,25,27). The summed E-state index contributed by atoms with van der Waals surface area (Å²) in [5.74, 6) is -0.610. The van der Waals surface area contributed by atoms with E-state index in [9.17, 15) is 14.0 Å². The molecule has 6 nitrogen and oxygen atoms in total. The van der Waals surface area contributed by atoms with Crippen LogP contribution >= 0.6 is 11.3 Å². The van der Waals surface area contributed by atoms with E-state index in [1.807, 2.05) is 32.0 Å². The molecule has 0 aliphatic carbocycles. The van der Waals surface area contributed by atoms with Crippen molar-refractivity contribution in [3.8, 4) is 16.3 Å². The minimum absolute atomic E-state index is 0.00998. The predicted octanol–water partition coefficient (Wildman–Crippen LogP) is 3.33. The zero-order valence-corrected chi connectivity index (χ0v) is 16.8. The molecular formula is C21H20FN3O3S. The number of carbonyl (C=O) groups is 2. The Balaban J connectivity index is 1.46. The van der Waals surface area contributed by atoms with Gasteiger partial charge in [-0.2, -0.15) is 0 Å². The second-order valence-corrected chi connectivity index (χ2v) is 7.34. The third-order valence-corrected chi connectivity index (χ3v) is 4.95. The van der Waals surface area contributed by atoms with Crippen molar-refractivity contribution in [3.63, 3.8) is 0 Å². The number of halogens is 1. The lowest BCUT2D eigenvalue weighted by atomic mass is 10.1. The molecule has 0 atom stereocenters. The largest absolute Gasteiger partial charge is 0.483 e. The summed E-state index contributed by atoms with van der Waals surface area (Å²) in [6, 6.07) is 11.8. The van der Waals surface area contributed by atoms with Crippen LogP contribution in [0, 0.1) is 19.7 Å². The maximum absolute atomic E-state index is 13.3. The Kier molecular flexibility index (Phi) is 6.56. The van der Waals surface area contributed by atoms with Crippen molar-refractivity contribution in [1.82, 2.24) is 15.8 Å². The van der Waals surface area contributed by atoms with Crippen molar-refractivity contribution in [1.29, 1.82) is 0 Å². The minimum Gasteiger partial charge on any atom is -0.483 e. The Morgan fingerprint density at radius 2 is 1.90 bits per heavy atom. The molecular weight excluding hydrogens is 393 g/mol. The van der Waals surface area contributed by atoms with Crippen LogP contribution in [0.2, 0.25) is 0 Å². The van der Waals surface area contributed by atoms with E-state index in [0.717, 1.165) is 11.1 Å². The third kappa shape index (κ3) is 5.86. The molecule has 8 heteroatoms. The number of nitrogens with zero attached hydrogens (tertiary/aromatic N) is 1. The number of hydrogen-bond acceptors (Lipinski definition) is 5. The fraction of sp³-hybridized carbons (Fsp3) is 0.190. The van der Waals surface area contributed by atoms with Gasteiger partial charge in [-0.1, -0.05) is 24.3 Å². The van der Waals surface area contributed by atoms with Crippen LogP contribution in [0.4, 0.5) is 4.39 Å². The van der Waals surface area contributed by atoms with Gasteiger partial charge in [-0.25, -0.2) is 9.37 Å². The van der Waals surface area contributed by atoms with Gasteiger partial charge in [0.15, 0.2) is 6.61 Å². The van der Waals surface area contributed by atoms with Crippen LogP contribution in [-0.4, -0.2) is 23.4 Å². The maximum atomic E-state index is 13.3. The summed E-state index contributed by atoms with van der Waals surface area (Å²) in [6.07, 6.45) is -0.00998. The average Bonchev–Trinajstić information content (AvgIpc) is 3.15. The van der Waals surface area contributed by atoms with Gasteiger partial charge in [-0.05, 0) is 43.2 Å². The quantitative estimate of drug-likeness (QED) is 0.608.